The zero-order valence-corrected chi connectivity index (χ0v) is 12.4. The van der Waals surface area contributed by atoms with Gasteiger partial charge < -0.3 is 9.64 Å². The third kappa shape index (κ3) is 4.45. The summed E-state index contributed by atoms with van der Waals surface area (Å²) in [4.78, 5) is 21.9. The Morgan fingerprint density at radius 3 is 3.16 bits per heavy atom. The van der Waals surface area contributed by atoms with Crippen molar-refractivity contribution in [1.29, 1.82) is 0 Å². The summed E-state index contributed by atoms with van der Waals surface area (Å²) in [5, 5.41) is 0.867. The summed E-state index contributed by atoms with van der Waals surface area (Å²) >= 11 is 3.35. The van der Waals surface area contributed by atoms with Gasteiger partial charge in [-0.1, -0.05) is 15.9 Å². The zero-order chi connectivity index (χ0) is 13.5. The van der Waals surface area contributed by atoms with Crippen LogP contribution in [0.1, 0.15) is 25.7 Å². The first-order valence-corrected chi connectivity index (χ1v) is 7.68. The van der Waals surface area contributed by atoms with E-state index in [1.807, 2.05) is 4.90 Å². The van der Waals surface area contributed by atoms with Crippen LogP contribution in [0.15, 0.2) is 18.6 Å². The highest BCUT2D eigenvalue weighted by Gasteiger charge is 2.24. The highest BCUT2D eigenvalue weighted by Crippen LogP contribution is 2.16. The van der Waals surface area contributed by atoms with Crippen molar-refractivity contribution in [3.63, 3.8) is 0 Å². The Morgan fingerprint density at radius 1 is 1.53 bits per heavy atom. The molecule has 1 amide bonds. The summed E-state index contributed by atoms with van der Waals surface area (Å²) in [6.45, 7) is 1.49. The molecule has 0 radical (unpaired) electrons. The average Bonchev–Trinajstić information content (AvgIpc) is 2.46. The molecule has 0 aliphatic carbocycles. The van der Waals surface area contributed by atoms with Crippen molar-refractivity contribution < 1.29 is 9.53 Å². The van der Waals surface area contributed by atoms with Crippen LogP contribution in [0.3, 0.4) is 0 Å². The van der Waals surface area contributed by atoms with Gasteiger partial charge in [0.1, 0.15) is 6.10 Å². The number of carbonyl (C=O) groups is 1. The summed E-state index contributed by atoms with van der Waals surface area (Å²) in [5.41, 5.74) is 0. The first-order chi connectivity index (χ1) is 9.29. The van der Waals surface area contributed by atoms with E-state index in [0.29, 0.717) is 18.8 Å². The minimum absolute atomic E-state index is 0.0263. The number of ether oxygens (including phenoxy) is 1. The molecule has 1 atom stereocenters. The van der Waals surface area contributed by atoms with Crippen LogP contribution in [0.25, 0.3) is 0 Å². The Kier molecular flexibility index (Phi) is 5.57. The number of alkyl halides is 1. The molecule has 6 heteroatoms. The van der Waals surface area contributed by atoms with Gasteiger partial charge in [-0.2, -0.15) is 0 Å². The molecule has 1 aliphatic heterocycles. The first kappa shape index (κ1) is 14.2. The van der Waals surface area contributed by atoms with E-state index in [9.17, 15) is 4.79 Å². The fraction of sp³-hybridized carbons (Fsp3) is 0.615. The lowest BCUT2D eigenvalue weighted by Crippen LogP contribution is -2.44. The smallest absolute Gasteiger partial charge is 0.232 e. The Labute approximate surface area is 121 Å². The quantitative estimate of drug-likeness (QED) is 0.776. The molecule has 5 nitrogen and oxygen atoms in total. The van der Waals surface area contributed by atoms with Crippen molar-refractivity contribution >= 4 is 21.8 Å². The number of halogens is 1. The summed E-state index contributed by atoms with van der Waals surface area (Å²) < 4.78 is 5.76. The molecule has 0 aromatic carbocycles. The van der Waals surface area contributed by atoms with Gasteiger partial charge in [0.15, 0.2) is 0 Å². The van der Waals surface area contributed by atoms with E-state index < -0.39 is 0 Å². The van der Waals surface area contributed by atoms with Gasteiger partial charge in [-0.25, -0.2) is 4.98 Å². The number of carbonyl (C=O) groups excluding carboxylic acids is 1. The molecule has 0 bridgehead atoms. The van der Waals surface area contributed by atoms with E-state index >= 15 is 0 Å². The highest BCUT2D eigenvalue weighted by molar-refractivity contribution is 9.09. The molecule has 1 fully saturated rings. The van der Waals surface area contributed by atoms with Crippen LogP contribution < -0.4 is 4.74 Å². The van der Waals surface area contributed by atoms with E-state index in [-0.39, 0.29) is 12.0 Å². The third-order valence-corrected chi connectivity index (χ3v) is 3.64. The molecule has 104 valence electrons. The molecule has 1 aromatic rings. The van der Waals surface area contributed by atoms with Crippen LogP contribution in [0.5, 0.6) is 5.88 Å². The number of aromatic nitrogens is 2. The topological polar surface area (TPSA) is 55.3 Å². The van der Waals surface area contributed by atoms with Crippen molar-refractivity contribution in [2.75, 3.05) is 18.4 Å². The second kappa shape index (κ2) is 7.43. The van der Waals surface area contributed by atoms with E-state index in [1.165, 1.54) is 0 Å². The maximum atomic E-state index is 12.0. The van der Waals surface area contributed by atoms with Crippen molar-refractivity contribution in [3.05, 3.63) is 18.6 Å². The van der Waals surface area contributed by atoms with Crippen LogP contribution in [0.4, 0.5) is 0 Å². The molecule has 1 aromatic heterocycles. The molecule has 2 heterocycles. The zero-order valence-electron chi connectivity index (χ0n) is 10.8. The van der Waals surface area contributed by atoms with Gasteiger partial charge in [0, 0.05) is 30.7 Å². The minimum atomic E-state index is 0.0263. The highest BCUT2D eigenvalue weighted by atomic mass is 79.9. The molecule has 0 spiro atoms. The van der Waals surface area contributed by atoms with Crippen LogP contribution >= 0.6 is 15.9 Å². The van der Waals surface area contributed by atoms with Gasteiger partial charge in [0.05, 0.1) is 12.7 Å². The molecule has 1 unspecified atom stereocenters. The second-order valence-corrected chi connectivity index (χ2v) is 5.35. The lowest BCUT2D eigenvalue weighted by atomic mass is 10.1. The number of nitrogens with zero attached hydrogens (tertiary/aromatic N) is 3. The fourth-order valence-corrected chi connectivity index (χ4v) is 2.43. The molecule has 1 saturated heterocycles. The van der Waals surface area contributed by atoms with E-state index in [1.54, 1.807) is 18.6 Å². The van der Waals surface area contributed by atoms with Gasteiger partial charge in [0.2, 0.25) is 11.8 Å². The summed E-state index contributed by atoms with van der Waals surface area (Å²) in [7, 11) is 0. The number of hydrogen-bond donors (Lipinski definition) is 0. The molecule has 19 heavy (non-hydrogen) atoms. The predicted octanol–water partition coefficient (Wildman–Crippen LogP) is 2.02. The van der Waals surface area contributed by atoms with Crippen LogP contribution in [0, 0.1) is 0 Å². The maximum absolute atomic E-state index is 12.0. The molecular formula is C13H18BrN3O2. The lowest BCUT2D eigenvalue weighted by molar-refractivity contribution is -0.133. The van der Waals surface area contributed by atoms with Gasteiger partial charge in [-0.15, -0.1) is 0 Å². The summed E-state index contributed by atoms with van der Waals surface area (Å²) in [6.07, 6.45) is 8.27. The molecule has 0 saturated carbocycles. The maximum Gasteiger partial charge on any atom is 0.232 e. The van der Waals surface area contributed by atoms with E-state index in [0.717, 1.165) is 31.1 Å². The van der Waals surface area contributed by atoms with E-state index in [2.05, 4.69) is 25.9 Å². The van der Waals surface area contributed by atoms with Crippen LogP contribution in [0.2, 0.25) is 0 Å². The molecule has 1 aliphatic rings. The number of amides is 1. The lowest BCUT2D eigenvalue weighted by Gasteiger charge is -2.32. The fourth-order valence-electron chi connectivity index (χ4n) is 2.15. The van der Waals surface area contributed by atoms with Gasteiger partial charge >= 0.3 is 0 Å². The Balaban J connectivity index is 1.85. The number of piperidine rings is 1. The Morgan fingerprint density at radius 2 is 2.42 bits per heavy atom. The van der Waals surface area contributed by atoms with E-state index in [4.69, 9.17) is 4.74 Å². The SMILES string of the molecule is O=C(CCCBr)N1CCCC(Oc2cnccn2)C1. The van der Waals surface area contributed by atoms with Crippen molar-refractivity contribution in [2.24, 2.45) is 0 Å². The average molecular weight is 328 g/mol. The Hall–Kier alpha value is -1.17. The molecule has 2 rings (SSSR count). The normalized spacial score (nSPS) is 19.2. The summed E-state index contributed by atoms with van der Waals surface area (Å²) in [5.74, 6) is 0.745. The molecular weight excluding hydrogens is 310 g/mol. The van der Waals surface area contributed by atoms with Crippen molar-refractivity contribution in [3.8, 4) is 5.88 Å². The largest absolute Gasteiger partial charge is 0.471 e. The summed E-state index contributed by atoms with van der Waals surface area (Å²) in [6, 6.07) is 0. The first-order valence-electron chi connectivity index (χ1n) is 6.56. The Bertz CT molecular complexity index is 402. The second-order valence-electron chi connectivity index (χ2n) is 4.56. The van der Waals surface area contributed by atoms with Crippen molar-refractivity contribution in [1.82, 2.24) is 14.9 Å². The predicted molar refractivity (Wildman–Crippen MR) is 75.3 cm³/mol. The van der Waals surface area contributed by atoms with Gasteiger partial charge in [-0.05, 0) is 19.3 Å². The third-order valence-electron chi connectivity index (χ3n) is 3.08. The van der Waals surface area contributed by atoms with Crippen molar-refractivity contribution in [2.45, 2.75) is 31.8 Å². The van der Waals surface area contributed by atoms with Gasteiger partial charge in [0.25, 0.3) is 0 Å². The standard InChI is InChI=1S/C13H18BrN3O2/c14-5-1-4-13(18)17-8-2-3-11(10-17)19-12-9-15-6-7-16-12/h6-7,9,11H,1-5,8,10H2. The van der Waals surface area contributed by atoms with Gasteiger partial charge in [-0.3, -0.25) is 9.78 Å². The monoisotopic (exact) mass is 327 g/mol. The van der Waals surface area contributed by atoms with Crippen LogP contribution in [-0.4, -0.2) is 45.3 Å². The molecule has 0 N–H and O–H groups in total. The number of likely N-dealkylation sites (tertiary alicyclic amines) is 1. The number of hydrogen-bond acceptors (Lipinski definition) is 4. The van der Waals surface area contributed by atoms with Crippen LogP contribution in [-0.2, 0) is 4.79 Å². The number of rotatable bonds is 5. The minimum Gasteiger partial charge on any atom is -0.471 e.